The van der Waals surface area contributed by atoms with E-state index in [4.69, 9.17) is 0 Å². The average Bonchev–Trinajstić information content (AvgIpc) is 2.11. The molecule has 0 spiro atoms. The van der Waals surface area contributed by atoms with Crippen LogP contribution in [-0.2, 0) is 11.4 Å². The SMILES string of the molecule is Cc1cc(Br)cc(/C=N/[S@+]([O-])C(C)(C)C)c1. The molecule has 1 aromatic carbocycles. The molecular formula is C12H16BrNOS. The normalized spacial score (nSPS) is 14.4. The molecule has 0 fully saturated rings. The molecule has 0 aromatic heterocycles. The Bertz CT molecular complexity index is 378. The van der Waals surface area contributed by atoms with Crippen molar-refractivity contribution in [2.24, 2.45) is 4.40 Å². The second-order valence-electron chi connectivity index (χ2n) is 4.66. The fourth-order valence-corrected chi connectivity index (χ4v) is 2.27. The van der Waals surface area contributed by atoms with Crippen LogP contribution < -0.4 is 0 Å². The Balaban J connectivity index is 2.84. The van der Waals surface area contributed by atoms with Gasteiger partial charge in [-0.25, -0.2) is 0 Å². The zero-order valence-corrected chi connectivity index (χ0v) is 12.4. The van der Waals surface area contributed by atoms with Gasteiger partial charge in [0.1, 0.15) is 16.1 Å². The van der Waals surface area contributed by atoms with E-state index in [1.807, 2.05) is 45.9 Å². The monoisotopic (exact) mass is 301 g/mol. The van der Waals surface area contributed by atoms with Gasteiger partial charge < -0.3 is 4.55 Å². The van der Waals surface area contributed by atoms with E-state index in [1.54, 1.807) is 6.21 Å². The van der Waals surface area contributed by atoms with Gasteiger partial charge in [0.25, 0.3) is 0 Å². The summed E-state index contributed by atoms with van der Waals surface area (Å²) in [6, 6.07) is 5.99. The van der Waals surface area contributed by atoms with Gasteiger partial charge in [0.15, 0.2) is 0 Å². The quantitative estimate of drug-likeness (QED) is 0.607. The third-order valence-electron chi connectivity index (χ3n) is 1.89. The molecule has 0 heterocycles. The maximum Gasteiger partial charge on any atom is 0.144 e. The Morgan fingerprint density at radius 1 is 1.31 bits per heavy atom. The highest BCUT2D eigenvalue weighted by atomic mass is 79.9. The Morgan fingerprint density at radius 3 is 2.44 bits per heavy atom. The zero-order valence-electron chi connectivity index (χ0n) is 9.95. The standard InChI is InChI=1S/C12H16BrNOS/c1-9-5-10(7-11(13)6-9)8-14-16(15)12(2,3)4/h5-8H,1-4H3/b14-8+/t16-/m1/s1. The summed E-state index contributed by atoms with van der Waals surface area (Å²) in [5, 5.41) is 0. The van der Waals surface area contributed by atoms with Crippen LogP contribution in [0.25, 0.3) is 0 Å². The predicted molar refractivity (Wildman–Crippen MR) is 74.4 cm³/mol. The molecule has 4 heteroatoms. The van der Waals surface area contributed by atoms with Crippen molar-refractivity contribution in [3.8, 4) is 0 Å². The molecule has 0 N–H and O–H groups in total. The Kier molecular flexibility index (Phi) is 4.59. The molecule has 0 unspecified atom stereocenters. The molecule has 2 nitrogen and oxygen atoms in total. The predicted octanol–water partition coefficient (Wildman–Crippen LogP) is 3.64. The molecule has 88 valence electrons. The minimum absolute atomic E-state index is 0.308. The number of rotatable bonds is 2. The second kappa shape index (κ2) is 5.34. The van der Waals surface area contributed by atoms with Crippen LogP contribution in [0, 0.1) is 6.92 Å². The fourth-order valence-electron chi connectivity index (χ4n) is 1.11. The number of halogens is 1. The number of aryl methyl sites for hydroxylation is 1. The number of hydrogen-bond donors (Lipinski definition) is 0. The summed E-state index contributed by atoms with van der Waals surface area (Å²) in [4.78, 5) is 0. The average molecular weight is 302 g/mol. The minimum Gasteiger partial charge on any atom is -0.591 e. The second-order valence-corrected chi connectivity index (χ2v) is 7.51. The molecular weight excluding hydrogens is 286 g/mol. The smallest absolute Gasteiger partial charge is 0.144 e. The lowest BCUT2D eigenvalue weighted by molar-refractivity contribution is 0.562. The lowest BCUT2D eigenvalue weighted by Crippen LogP contribution is -2.25. The highest BCUT2D eigenvalue weighted by Crippen LogP contribution is 2.18. The van der Waals surface area contributed by atoms with Crippen molar-refractivity contribution in [2.45, 2.75) is 32.4 Å². The first-order chi connectivity index (χ1) is 7.29. The molecule has 0 saturated carbocycles. The van der Waals surface area contributed by atoms with Crippen molar-refractivity contribution in [1.82, 2.24) is 0 Å². The van der Waals surface area contributed by atoms with E-state index >= 15 is 0 Å². The summed E-state index contributed by atoms with van der Waals surface area (Å²) in [5.41, 5.74) is 2.11. The van der Waals surface area contributed by atoms with Crippen LogP contribution in [0.2, 0.25) is 0 Å². The Hall–Kier alpha value is -0.320. The van der Waals surface area contributed by atoms with Crippen molar-refractivity contribution >= 4 is 33.5 Å². The zero-order chi connectivity index (χ0) is 12.3. The summed E-state index contributed by atoms with van der Waals surface area (Å²) in [5.74, 6) is 0. The molecule has 0 aliphatic carbocycles. The van der Waals surface area contributed by atoms with Crippen molar-refractivity contribution in [1.29, 1.82) is 0 Å². The van der Waals surface area contributed by atoms with E-state index in [2.05, 4.69) is 20.3 Å². The highest BCUT2D eigenvalue weighted by molar-refractivity contribution is 9.10. The number of nitrogens with zero attached hydrogens (tertiary/aromatic N) is 1. The van der Waals surface area contributed by atoms with E-state index in [1.165, 1.54) is 0 Å². The van der Waals surface area contributed by atoms with Crippen LogP contribution in [0.5, 0.6) is 0 Å². The first kappa shape index (κ1) is 13.7. The van der Waals surface area contributed by atoms with Gasteiger partial charge in [0.05, 0.1) is 6.21 Å². The van der Waals surface area contributed by atoms with Gasteiger partial charge in [-0.1, -0.05) is 26.4 Å². The Morgan fingerprint density at radius 2 is 1.94 bits per heavy atom. The van der Waals surface area contributed by atoms with Crippen molar-refractivity contribution in [3.05, 3.63) is 33.8 Å². The van der Waals surface area contributed by atoms with E-state index in [-0.39, 0.29) is 4.75 Å². The fraction of sp³-hybridized carbons (Fsp3) is 0.417. The molecule has 0 amide bonds. The maximum atomic E-state index is 11.7. The summed E-state index contributed by atoms with van der Waals surface area (Å²) >= 11 is 2.23. The molecule has 0 radical (unpaired) electrons. The van der Waals surface area contributed by atoms with E-state index < -0.39 is 11.4 Å². The van der Waals surface area contributed by atoms with Crippen LogP contribution in [0.1, 0.15) is 31.9 Å². The Labute approximate surface area is 109 Å². The molecule has 0 saturated heterocycles. The van der Waals surface area contributed by atoms with Gasteiger partial charge in [-0.3, -0.25) is 0 Å². The van der Waals surface area contributed by atoms with Crippen LogP contribution >= 0.6 is 15.9 Å². The van der Waals surface area contributed by atoms with Gasteiger partial charge in [0, 0.05) is 4.47 Å². The number of benzene rings is 1. The third kappa shape index (κ3) is 4.28. The largest absolute Gasteiger partial charge is 0.591 e. The van der Waals surface area contributed by atoms with Crippen molar-refractivity contribution < 1.29 is 4.55 Å². The first-order valence-electron chi connectivity index (χ1n) is 5.02. The maximum absolute atomic E-state index is 11.7. The topological polar surface area (TPSA) is 35.4 Å². The van der Waals surface area contributed by atoms with Gasteiger partial charge in [-0.2, -0.15) is 0 Å². The molecule has 1 rings (SSSR count). The van der Waals surface area contributed by atoms with Crippen LogP contribution in [0.4, 0.5) is 0 Å². The van der Waals surface area contributed by atoms with Gasteiger partial charge >= 0.3 is 0 Å². The summed E-state index contributed by atoms with van der Waals surface area (Å²) in [6.45, 7) is 7.74. The van der Waals surface area contributed by atoms with Crippen LogP contribution in [0.15, 0.2) is 27.1 Å². The summed E-state index contributed by atoms with van der Waals surface area (Å²) < 4.78 is 16.5. The lowest BCUT2D eigenvalue weighted by atomic mass is 10.2. The third-order valence-corrected chi connectivity index (χ3v) is 3.69. The first-order valence-corrected chi connectivity index (χ1v) is 6.92. The molecule has 1 aromatic rings. The van der Waals surface area contributed by atoms with E-state index in [0.717, 1.165) is 15.6 Å². The van der Waals surface area contributed by atoms with Crippen molar-refractivity contribution in [2.75, 3.05) is 0 Å². The van der Waals surface area contributed by atoms with Crippen LogP contribution in [0.3, 0.4) is 0 Å². The molecule has 0 bridgehead atoms. The van der Waals surface area contributed by atoms with Gasteiger partial charge in [0.2, 0.25) is 0 Å². The summed E-state index contributed by atoms with van der Waals surface area (Å²) in [6.07, 6.45) is 1.67. The van der Waals surface area contributed by atoms with Gasteiger partial charge in [-0.05, 0) is 51.0 Å². The molecule has 16 heavy (non-hydrogen) atoms. The lowest BCUT2D eigenvalue weighted by Gasteiger charge is -2.17. The van der Waals surface area contributed by atoms with Gasteiger partial charge in [-0.15, -0.1) is 0 Å². The van der Waals surface area contributed by atoms with Crippen molar-refractivity contribution in [3.63, 3.8) is 0 Å². The van der Waals surface area contributed by atoms with E-state index in [0.29, 0.717) is 0 Å². The molecule has 0 aliphatic rings. The minimum atomic E-state index is -1.20. The van der Waals surface area contributed by atoms with E-state index in [9.17, 15) is 4.55 Å². The molecule has 0 aliphatic heterocycles. The number of hydrogen-bond acceptors (Lipinski definition) is 2. The van der Waals surface area contributed by atoms with Crippen LogP contribution in [-0.4, -0.2) is 15.5 Å². The summed E-state index contributed by atoms with van der Waals surface area (Å²) in [7, 11) is 0. The highest BCUT2D eigenvalue weighted by Gasteiger charge is 2.25. The molecule has 1 atom stereocenters.